The summed E-state index contributed by atoms with van der Waals surface area (Å²) in [7, 11) is 6.27. The van der Waals surface area contributed by atoms with Crippen molar-refractivity contribution in [1.29, 1.82) is 5.26 Å². The summed E-state index contributed by atoms with van der Waals surface area (Å²) in [4.78, 5) is 4.50. The van der Waals surface area contributed by atoms with Gasteiger partial charge in [0.2, 0.25) is 0 Å². The van der Waals surface area contributed by atoms with Crippen LogP contribution in [0.25, 0.3) is 22.4 Å². The number of ether oxygens (including phenoxy) is 4. The molecule has 0 bridgehead atoms. The number of nitriles is 1. The van der Waals surface area contributed by atoms with E-state index in [1.54, 1.807) is 40.6 Å². The summed E-state index contributed by atoms with van der Waals surface area (Å²) >= 11 is 0. The van der Waals surface area contributed by atoms with Crippen molar-refractivity contribution in [3.05, 3.63) is 47.5 Å². The van der Waals surface area contributed by atoms with E-state index in [-0.39, 0.29) is 11.4 Å². The van der Waals surface area contributed by atoms with Gasteiger partial charge in [-0.05, 0) is 42.8 Å². The Labute approximate surface area is 175 Å². The lowest BCUT2D eigenvalue weighted by atomic mass is 9.92. The van der Waals surface area contributed by atoms with Crippen molar-refractivity contribution in [2.45, 2.75) is 6.92 Å². The molecule has 0 aliphatic heterocycles. The second-order valence-electron chi connectivity index (χ2n) is 6.47. The van der Waals surface area contributed by atoms with Gasteiger partial charge >= 0.3 is 0 Å². The first-order chi connectivity index (χ1) is 14.5. The zero-order valence-corrected chi connectivity index (χ0v) is 17.6. The molecule has 3 aromatic rings. The first-order valence-electron chi connectivity index (χ1n) is 9.14. The van der Waals surface area contributed by atoms with Crippen LogP contribution in [0.2, 0.25) is 0 Å². The molecule has 0 spiro atoms. The summed E-state index contributed by atoms with van der Waals surface area (Å²) in [6, 6.07) is 13.2. The molecule has 0 aliphatic carbocycles. The van der Waals surface area contributed by atoms with Crippen molar-refractivity contribution >= 4 is 5.82 Å². The number of hydrogen-bond donors (Lipinski definition) is 1. The molecule has 0 amide bonds. The topological polar surface area (TPSA) is 99.6 Å². The van der Waals surface area contributed by atoms with E-state index >= 15 is 0 Å². The largest absolute Gasteiger partial charge is 0.497 e. The van der Waals surface area contributed by atoms with Crippen LogP contribution in [0.4, 0.5) is 5.82 Å². The normalized spacial score (nSPS) is 10.3. The molecule has 3 rings (SSSR count). The van der Waals surface area contributed by atoms with Gasteiger partial charge in [0.15, 0.2) is 11.5 Å². The number of pyridine rings is 1. The van der Waals surface area contributed by atoms with E-state index in [4.69, 9.17) is 24.7 Å². The summed E-state index contributed by atoms with van der Waals surface area (Å²) in [6.07, 6.45) is 0. The van der Waals surface area contributed by atoms with Gasteiger partial charge < -0.3 is 24.7 Å². The average Bonchev–Trinajstić information content (AvgIpc) is 2.79. The molecule has 7 nitrogen and oxygen atoms in total. The molecule has 154 valence electrons. The first-order valence-corrected chi connectivity index (χ1v) is 9.14. The predicted octanol–water partition coefficient (Wildman–Crippen LogP) is 4.21. The van der Waals surface area contributed by atoms with Crippen molar-refractivity contribution < 1.29 is 18.9 Å². The van der Waals surface area contributed by atoms with Crippen molar-refractivity contribution in [3.63, 3.8) is 0 Å². The fourth-order valence-corrected chi connectivity index (χ4v) is 3.40. The molecular weight excluding hydrogens is 382 g/mol. The third kappa shape index (κ3) is 3.55. The zero-order chi connectivity index (χ0) is 21.8. The van der Waals surface area contributed by atoms with E-state index in [2.05, 4.69) is 11.1 Å². The molecule has 0 fully saturated rings. The number of benzene rings is 2. The van der Waals surface area contributed by atoms with Gasteiger partial charge in [-0.1, -0.05) is 0 Å². The van der Waals surface area contributed by atoms with Crippen molar-refractivity contribution in [2.75, 3.05) is 34.2 Å². The van der Waals surface area contributed by atoms with E-state index < -0.39 is 0 Å². The van der Waals surface area contributed by atoms with Gasteiger partial charge in [0.25, 0.3) is 0 Å². The van der Waals surface area contributed by atoms with Crippen LogP contribution in [-0.2, 0) is 0 Å². The Morgan fingerprint density at radius 2 is 1.47 bits per heavy atom. The Bertz CT molecular complexity index is 1120. The number of nitrogens with zero attached hydrogens (tertiary/aromatic N) is 2. The fourth-order valence-electron chi connectivity index (χ4n) is 3.40. The number of nitrogen functional groups attached to an aromatic ring is 1. The molecule has 2 aromatic carbocycles. The number of anilines is 1. The maximum atomic E-state index is 9.82. The van der Waals surface area contributed by atoms with E-state index in [9.17, 15) is 5.26 Å². The average molecular weight is 405 g/mol. The lowest BCUT2D eigenvalue weighted by Crippen LogP contribution is -2.04. The molecule has 0 radical (unpaired) electrons. The SMILES string of the molecule is COc1ccc(-c2nc(N)c(C#N)c(-c3cc(OC)c(OC)cc3OC)c2C)cc1. The van der Waals surface area contributed by atoms with E-state index in [0.29, 0.717) is 34.1 Å². The minimum absolute atomic E-state index is 0.140. The van der Waals surface area contributed by atoms with Gasteiger partial charge in [-0.3, -0.25) is 0 Å². The summed E-state index contributed by atoms with van der Waals surface area (Å²) in [5, 5.41) is 9.82. The summed E-state index contributed by atoms with van der Waals surface area (Å²) in [5.74, 6) is 2.43. The summed E-state index contributed by atoms with van der Waals surface area (Å²) in [6.45, 7) is 1.90. The Morgan fingerprint density at radius 1 is 0.867 bits per heavy atom. The van der Waals surface area contributed by atoms with Crippen molar-refractivity contribution in [2.24, 2.45) is 0 Å². The number of methoxy groups -OCH3 is 4. The van der Waals surface area contributed by atoms with E-state index in [0.717, 1.165) is 16.9 Å². The lowest BCUT2D eigenvalue weighted by molar-refractivity contribution is 0.349. The molecule has 1 aromatic heterocycles. The zero-order valence-electron chi connectivity index (χ0n) is 17.6. The highest BCUT2D eigenvalue weighted by Crippen LogP contribution is 2.44. The van der Waals surface area contributed by atoms with Crippen LogP contribution in [0.1, 0.15) is 11.1 Å². The number of hydrogen-bond acceptors (Lipinski definition) is 7. The van der Waals surface area contributed by atoms with Gasteiger partial charge in [0, 0.05) is 22.8 Å². The number of rotatable bonds is 6. The molecule has 0 unspecified atom stereocenters. The van der Waals surface area contributed by atoms with E-state index in [1.807, 2.05) is 31.2 Å². The van der Waals surface area contributed by atoms with Crippen LogP contribution in [0.15, 0.2) is 36.4 Å². The van der Waals surface area contributed by atoms with Crippen molar-refractivity contribution in [1.82, 2.24) is 4.98 Å². The maximum absolute atomic E-state index is 9.82. The highest BCUT2D eigenvalue weighted by Gasteiger charge is 2.23. The van der Waals surface area contributed by atoms with Gasteiger partial charge in [-0.2, -0.15) is 5.26 Å². The third-order valence-corrected chi connectivity index (χ3v) is 4.92. The molecule has 0 atom stereocenters. The smallest absolute Gasteiger partial charge is 0.164 e. The lowest BCUT2D eigenvalue weighted by Gasteiger charge is -2.19. The molecule has 1 heterocycles. The second-order valence-corrected chi connectivity index (χ2v) is 6.47. The standard InChI is InChI=1S/C23H23N3O4/c1-13-21(16-10-19(29-4)20(30-5)11-18(16)28-3)17(12-24)23(25)26-22(13)14-6-8-15(27-2)9-7-14/h6-11H,1-5H3,(H2,25,26). The molecule has 2 N–H and O–H groups in total. The van der Waals surface area contributed by atoms with Gasteiger partial charge in [-0.25, -0.2) is 4.98 Å². The minimum atomic E-state index is 0.140. The molecule has 30 heavy (non-hydrogen) atoms. The molecule has 0 saturated heterocycles. The first kappa shape index (κ1) is 20.8. The van der Waals surface area contributed by atoms with Crippen LogP contribution in [-0.4, -0.2) is 33.4 Å². The fraction of sp³-hybridized carbons (Fsp3) is 0.217. The Kier molecular flexibility index (Phi) is 5.98. The van der Waals surface area contributed by atoms with Crippen LogP contribution in [0, 0.1) is 18.3 Å². The molecule has 0 saturated carbocycles. The Hall–Kier alpha value is -3.92. The third-order valence-electron chi connectivity index (χ3n) is 4.92. The maximum Gasteiger partial charge on any atom is 0.164 e. The monoisotopic (exact) mass is 405 g/mol. The molecule has 0 aliphatic rings. The van der Waals surface area contributed by atoms with Crippen LogP contribution < -0.4 is 24.7 Å². The highest BCUT2D eigenvalue weighted by molar-refractivity contribution is 5.87. The summed E-state index contributed by atoms with van der Waals surface area (Å²) < 4.78 is 21.7. The van der Waals surface area contributed by atoms with Crippen LogP contribution >= 0.6 is 0 Å². The van der Waals surface area contributed by atoms with E-state index in [1.165, 1.54) is 0 Å². The van der Waals surface area contributed by atoms with Crippen LogP contribution in [0.5, 0.6) is 23.0 Å². The van der Waals surface area contributed by atoms with Crippen LogP contribution in [0.3, 0.4) is 0 Å². The summed E-state index contributed by atoms with van der Waals surface area (Å²) in [5.41, 5.74) is 10.1. The predicted molar refractivity (Wildman–Crippen MR) is 115 cm³/mol. The van der Waals surface area contributed by atoms with Gasteiger partial charge in [0.05, 0.1) is 34.1 Å². The Morgan fingerprint density at radius 3 is 2.00 bits per heavy atom. The highest BCUT2D eigenvalue weighted by atomic mass is 16.5. The quantitative estimate of drug-likeness (QED) is 0.655. The second kappa shape index (κ2) is 8.62. The molecular formula is C23H23N3O4. The van der Waals surface area contributed by atoms with Gasteiger partial charge in [0.1, 0.15) is 28.9 Å². The van der Waals surface area contributed by atoms with Gasteiger partial charge in [-0.15, -0.1) is 0 Å². The minimum Gasteiger partial charge on any atom is -0.497 e. The molecule has 7 heteroatoms. The Balaban J connectivity index is 2.34. The van der Waals surface area contributed by atoms with Crippen molar-refractivity contribution in [3.8, 4) is 51.5 Å². The number of aromatic nitrogens is 1. The number of nitrogens with two attached hydrogens (primary N) is 1.